The predicted molar refractivity (Wildman–Crippen MR) is 140 cm³/mol. The molecule has 0 saturated carbocycles. The van der Waals surface area contributed by atoms with Crippen molar-refractivity contribution in [1.82, 2.24) is 14.7 Å². The van der Waals surface area contributed by atoms with Crippen LogP contribution in [0.25, 0.3) is 11.1 Å². The molecule has 0 radical (unpaired) electrons. The van der Waals surface area contributed by atoms with Gasteiger partial charge in [0.05, 0.1) is 6.10 Å². The summed E-state index contributed by atoms with van der Waals surface area (Å²) in [5.74, 6) is 0. The van der Waals surface area contributed by atoms with Crippen molar-refractivity contribution in [2.45, 2.75) is 25.4 Å². The molecule has 2 saturated heterocycles. The van der Waals surface area contributed by atoms with E-state index in [1.54, 1.807) is 0 Å². The molecule has 0 bridgehead atoms. The zero-order chi connectivity index (χ0) is 24.2. The van der Waals surface area contributed by atoms with Crippen LogP contribution in [0.1, 0.15) is 22.8 Å². The lowest BCUT2D eigenvalue weighted by atomic mass is 9.98. The molecule has 0 aliphatic carbocycles. The summed E-state index contributed by atoms with van der Waals surface area (Å²) >= 11 is 6.06. The van der Waals surface area contributed by atoms with Crippen molar-refractivity contribution >= 4 is 17.9 Å². The minimum absolute atomic E-state index is 0.146. The largest absolute Gasteiger partial charge is 0.347 e. The average Bonchev–Trinajstić information content (AvgIpc) is 3.30. The van der Waals surface area contributed by atoms with Crippen LogP contribution in [-0.2, 0) is 22.6 Å². The van der Waals surface area contributed by atoms with Gasteiger partial charge in [-0.3, -0.25) is 14.6 Å². The van der Waals surface area contributed by atoms with Gasteiger partial charge in [0.25, 0.3) is 0 Å². The molecule has 2 aliphatic rings. The first-order valence-corrected chi connectivity index (χ1v) is 12.7. The summed E-state index contributed by atoms with van der Waals surface area (Å²) in [6.07, 6.45) is 0.210. The van der Waals surface area contributed by atoms with Crippen LogP contribution in [0.2, 0.25) is 5.02 Å². The molecule has 0 spiro atoms. The second-order valence-corrected chi connectivity index (χ2v) is 10.00. The Morgan fingerprint density at radius 3 is 2.34 bits per heavy atom. The molecule has 5 nitrogen and oxygen atoms in total. The van der Waals surface area contributed by atoms with Gasteiger partial charge in [-0.05, 0) is 53.1 Å². The standard InChI is InChI=1S/C29H32ClN3O2/c1-31-13-15-32(16-14-31)18-26-17-24(22-5-3-2-4-6-22)7-8-25(26)19-33-20-28(35-29(33)21-34)23-9-11-27(30)12-10-23/h2-12,17,21,28-29H,13-16,18-20H2,1H3/t28-,29?/m0/s1. The normalized spacial score (nSPS) is 21.9. The number of benzene rings is 3. The van der Waals surface area contributed by atoms with E-state index >= 15 is 0 Å². The molecule has 0 amide bonds. The van der Waals surface area contributed by atoms with Crippen LogP contribution in [0, 0.1) is 0 Å². The highest BCUT2D eigenvalue weighted by atomic mass is 35.5. The van der Waals surface area contributed by atoms with Crippen molar-refractivity contribution in [2.24, 2.45) is 0 Å². The molecule has 182 valence electrons. The molecule has 3 aromatic rings. The van der Waals surface area contributed by atoms with Crippen molar-refractivity contribution in [1.29, 1.82) is 0 Å². The molecular formula is C29H32ClN3O2. The van der Waals surface area contributed by atoms with Gasteiger partial charge < -0.3 is 9.64 Å². The summed E-state index contributed by atoms with van der Waals surface area (Å²) < 4.78 is 6.11. The van der Waals surface area contributed by atoms with Gasteiger partial charge in [-0.15, -0.1) is 0 Å². The summed E-state index contributed by atoms with van der Waals surface area (Å²) in [7, 11) is 2.18. The minimum atomic E-state index is -0.555. The van der Waals surface area contributed by atoms with Crippen molar-refractivity contribution in [3.8, 4) is 11.1 Å². The van der Waals surface area contributed by atoms with E-state index in [1.165, 1.54) is 22.3 Å². The monoisotopic (exact) mass is 489 g/mol. The van der Waals surface area contributed by atoms with E-state index in [1.807, 2.05) is 30.3 Å². The summed E-state index contributed by atoms with van der Waals surface area (Å²) in [5.41, 5.74) is 6.05. The zero-order valence-electron chi connectivity index (χ0n) is 20.1. The number of hydrogen-bond donors (Lipinski definition) is 0. The topological polar surface area (TPSA) is 36.0 Å². The van der Waals surface area contributed by atoms with Gasteiger partial charge in [-0.2, -0.15) is 0 Å². The fourth-order valence-electron chi connectivity index (χ4n) is 4.95. The second-order valence-electron chi connectivity index (χ2n) is 9.56. The van der Waals surface area contributed by atoms with E-state index in [-0.39, 0.29) is 6.10 Å². The number of nitrogens with zero attached hydrogens (tertiary/aromatic N) is 3. The summed E-state index contributed by atoms with van der Waals surface area (Å²) in [6, 6.07) is 25.0. The number of hydrogen-bond acceptors (Lipinski definition) is 5. The van der Waals surface area contributed by atoms with Crippen molar-refractivity contribution in [3.05, 3.63) is 94.5 Å². The third-order valence-electron chi connectivity index (χ3n) is 7.10. The van der Waals surface area contributed by atoms with Crippen LogP contribution in [0.5, 0.6) is 0 Å². The van der Waals surface area contributed by atoms with E-state index in [0.717, 1.165) is 44.6 Å². The first-order valence-electron chi connectivity index (χ1n) is 12.3. The molecule has 6 heteroatoms. The van der Waals surface area contributed by atoms with Gasteiger partial charge in [-0.1, -0.05) is 66.2 Å². The van der Waals surface area contributed by atoms with Gasteiger partial charge >= 0.3 is 0 Å². The van der Waals surface area contributed by atoms with E-state index in [0.29, 0.717) is 18.1 Å². The number of piperazine rings is 1. The highest BCUT2D eigenvalue weighted by molar-refractivity contribution is 6.30. The van der Waals surface area contributed by atoms with Gasteiger partial charge in [0, 0.05) is 50.8 Å². The smallest absolute Gasteiger partial charge is 0.168 e. The molecule has 0 aromatic heterocycles. The molecule has 2 fully saturated rings. The molecule has 3 aromatic carbocycles. The Bertz CT molecular complexity index is 1130. The Morgan fingerprint density at radius 1 is 0.886 bits per heavy atom. The van der Waals surface area contributed by atoms with Crippen LogP contribution < -0.4 is 0 Å². The lowest BCUT2D eigenvalue weighted by Gasteiger charge is -2.33. The molecule has 1 unspecified atom stereocenters. The maximum absolute atomic E-state index is 11.9. The predicted octanol–water partition coefficient (Wildman–Crippen LogP) is 4.85. The van der Waals surface area contributed by atoms with Gasteiger partial charge in [0.15, 0.2) is 12.5 Å². The Hall–Kier alpha value is -2.54. The Balaban J connectivity index is 1.39. The Labute approximate surface area is 212 Å². The first-order chi connectivity index (χ1) is 17.1. The molecule has 2 heterocycles. The SMILES string of the molecule is CN1CCN(Cc2cc(-c3ccccc3)ccc2CN2C[C@@H](c3ccc(Cl)cc3)OC2C=O)CC1. The van der Waals surface area contributed by atoms with Crippen molar-refractivity contribution < 1.29 is 9.53 Å². The molecule has 2 atom stereocenters. The molecule has 2 aliphatic heterocycles. The number of carbonyl (C=O) groups is 1. The zero-order valence-corrected chi connectivity index (χ0v) is 20.9. The van der Waals surface area contributed by atoms with Crippen molar-refractivity contribution in [3.63, 3.8) is 0 Å². The molecule has 35 heavy (non-hydrogen) atoms. The number of ether oxygens (including phenoxy) is 1. The number of likely N-dealkylation sites (N-methyl/N-ethyl adjacent to an activating group) is 1. The third-order valence-corrected chi connectivity index (χ3v) is 7.35. The maximum Gasteiger partial charge on any atom is 0.168 e. The van der Waals surface area contributed by atoms with E-state index in [2.05, 4.69) is 64.2 Å². The van der Waals surface area contributed by atoms with E-state index < -0.39 is 6.23 Å². The van der Waals surface area contributed by atoms with Crippen LogP contribution in [0.4, 0.5) is 0 Å². The van der Waals surface area contributed by atoms with E-state index in [4.69, 9.17) is 16.3 Å². The lowest BCUT2D eigenvalue weighted by molar-refractivity contribution is -0.123. The summed E-state index contributed by atoms with van der Waals surface area (Å²) in [5, 5.41) is 0.697. The minimum Gasteiger partial charge on any atom is -0.347 e. The number of halogens is 1. The fraction of sp³-hybridized carbons (Fsp3) is 0.345. The van der Waals surface area contributed by atoms with Gasteiger partial charge in [0.1, 0.15) is 0 Å². The quantitative estimate of drug-likeness (QED) is 0.443. The van der Waals surface area contributed by atoms with Crippen LogP contribution in [-0.4, -0.2) is 67.0 Å². The number of aldehydes is 1. The highest BCUT2D eigenvalue weighted by Gasteiger charge is 2.34. The maximum atomic E-state index is 11.9. The lowest BCUT2D eigenvalue weighted by Crippen LogP contribution is -2.44. The van der Waals surface area contributed by atoms with Crippen molar-refractivity contribution in [2.75, 3.05) is 39.8 Å². The molecular weight excluding hydrogens is 458 g/mol. The fourth-order valence-corrected chi connectivity index (χ4v) is 5.08. The highest BCUT2D eigenvalue weighted by Crippen LogP contribution is 2.32. The van der Waals surface area contributed by atoms with Gasteiger partial charge in [0.2, 0.25) is 0 Å². The molecule has 0 N–H and O–H groups in total. The van der Waals surface area contributed by atoms with Crippen LogP contribution in [0.3, 0.4) is 0 Å². The Kier molecular flexibility index (Phi) is 7.61. The first kappa shape index (κ1) is 24.2. The van der Waals surface area contributed by atoms with Crippen LogP contribution in [0.15, 0.2) is 72.8 Å². The summed E-state index contributed by atoms with van der Waals surface area (Å²) in [6.45, 7) is 6.55. The van der Waals surface area contributed by atoms with Gasteiger partial charge in [-0.25, -0.2) is 0 Å². The van der Waals surface area contributed by atoms with Crippen LogP contribution >= 0.6 is 11.6 Å². The van der Waals surface area contributed by atoms with E-state index in [9.17, 15) is 4.79 Å². The number of carbonyl (C=O) groups excluding carboxylic acids is 1. The third kappa shape index (κ3) is 5.83. The summed E-state index contributed by atoms with van der Waals surface area (Å²) in [4.78, 5) is 19.0. The molecule has 5 rings (SSSR count). The Morgan fingerprint density at radius 2 is 1.63 bits per heavy atom. The number of rotatable bonds is 7. The second kappa shape index (κ2) is 11.0. The average molecular weight is 490 g/mol.